The highest BCUT2D eigenvalue weighted by atomic mass is 16.5. The molecule has 4 aliphatic carbocycles. The van der Waals surface area contributed by atoms with Crippen LogP contribution in [0.1, 0.15) is 107 Å². The van der Waals surface area contributed by atoms with Crippen LogP contribution >= 0.6 is 0 Å². The van der Waals surface area contributed by atoms with E-state index in [-0.39, 0.29) is 34.2 Å². The average Bonchev–Trinajstić information content (AvgIpc) is 3.05. The Kier molecular flexibility index (Phi) is 7.60. The Balaban J connectivity index is 1.82. The van der Waals surface area contributed by atoms with Crippen LogP contribution in [0.25, 0.3) is 0 Å². The summed E-state index contributed by atoms with van der Waals surface area (Å²) >= 11 is 0. The first-order chi connectivity index (χ1) is 17.2. The summed E-state index contributed by atoms with van der Waals surface area (Å²) in [4.78, 5) is 12.7. The lowest BCUT2D eigenvalue weighted by molar-refractivity contribution is -0.229. The summed E-state index contributed by atoms with van der Waals surface area (Å²) in [6, 6.07) is 0. The maximum absolute atomic E-state index is 12.7. The zero-order valence-corrected chi connectivity index (χ0v) is 24.7. The fraction of sp³-hybridized carbons (Fsp3) is 0.788. The first-order valence-corrected chi connectivity index (χ1v) is 14.8. The van der Waals surface area contributed by atoms with E-state index < -0.39 is 12.1 Å². The molecule has 0 radical (unpaired) electrons. The second-order valence-electron chi connectivity index (χ2n) is 14.3. The third-order valence-electron chi connectivity index (χ3n) is 12.1. The van der Waals surface area contributed by atoms with Crippen LogP contribution in [0.2, 0.25) is 0 Å². The highest BCUT2D eigenvalue weighted by molar-refractivity contribution is 5.88. The SMILES string of the molecule is C=C(C)OC1C[C@@]2(C)[C@@H](C[C@@H](O)[C@H]3[C@@]4(C)CC[C@@H](C)[C@H](C)[C@@H]4CC[C@@]32C)/C1=C(\CCC=C(C)C)C(=O)O. The summed E-state index contributed by atoms with van der Waals surface area (Å²) in [5.41, 5.74) is 2.52. The quantitative estimate of drug-likeness (QED) is 0.215. The fourth-order valence-corrected chi connectivity index (χ4v) is 10.0. The molecule has 4 saturated carbocycles. The summed E-state index contributed by atoms with van der Waals surface area (Å²) in [7, 11) is 0. The van der Waals surface area contributed by atoms with Crippen LogP contribution in [0.15, 0.2) is 35.1 Å². The molecule has 0 aromatic carbocycles. The number of hydrogen-bond donors (Lipinski definition) is 2. The van der Waals surface area contributed by atoms with Gasteiger partial charge in [-0.1, -0.05) is 52.8 Å². The van der Waals surface area contributed by atoms with E-state index in [1.807, 2.05) is 6.92 Å². The van der Waals surface area contributed by atoms with Gasteiger partial charge in [-0.3, -0.25) is 0 Å². The van der Waals surface area contributed by atoms with Crippen LogP contribution in [0.5, 0.6) is 0 Å². The van der Waals surface area contributed by atoms with Gasteiger partial charge >= 0.3 is 5.97 Å². The highest BCUT2D eigenvalue weighted by Crippen LogP contribution is 2.74. The van der Waals surface area contributed by atoms with E-state index in [1.54, 1.807) is 0 Å². The normalized spacial score (nSPS) is 46.2. The predicted octanol–water partition coefficient (Wildman–Crippen LogP) is 7.93. The second-order valence-corrected chi connectivity index (χ2v) is 14.3. The number of hydrogen-bond acceptors (Lipinski definition) is 3. The number of aliphatic hydroxyl groups is 1. The number of fused-ring (bicyclic) bond motifs is 5. The molecule has 4 rings (SSSR count). The van der Waals surface area contributed by atoms with Gasteiger partial charge in [-0.2, -0.15) is 0 Å². The Morgan fingerprint density at radius 1 is 1.11 bits per heavy atom. The molecule has 0 aromatic heterocycles. The zero-order valence-electron chi connectivity index (χ0n) is 24.7. The van der Waals surface area contributed by atoms with Crippen LogP contribution < -0.4 is 0 Å². The third-order valence-corrected chi connectivity index (χ3v) is 12.1. The molecular formula is C33H52O4. The number of ether oxygens (including phenoxy) is 1. The van der Waals surface area contributed by atoms with Gasteiger partial charge in [0.15, 0.2) is 0 Å². The Morgan fingerprint density at radius 2 is 1.78 bits per heavy atom. The molecule has 0 spiro atoms. The molecule has 0 amide bonds. The minimum Gasteiger partial charge on any atom is -0.491 e. The number of carboxylic acid groups (broad SMARTS) is 1. The van der Waals surface area contributed by atoms with Crippen molar-refractivity contribution < 1.29 is 19.7 Å². The van der Waals surface area contributed by atoms with Crippen molar-refractivity contribution in [2.45, 2.75) is 119 Å². The van der Waals surface area contributed by atoms with Crippen molar-refractivity contribution in [3.05, 3.63) is 35.1 Å². The molecular weight excluding hydrogens is 460 g/mol. The van der Waals surface area contributed by atoms with Gasteiger partial charge in [0.25, 0.3) is 0 Å². The van der Waals surface area contributed by atoms with Gasteiger partial charge in [0.1, 0.15) is 6.10 Å². The molecule has 4 nitrogen and oxygen atoms in total. The maximum atomic E-state index is 12.7. The minimum absolute atomic E-state index is 0.00555. The van der Waals surface area contributed by atoms with E-state index >= 15 is 0 Å². The zero-order chi connectivity index (χ0) is 27.5. The minimum atomic E-state index is -0.843. The Hall–Kier alpha value is -1.55. The largest absolute Gasteiger partial charge is 0.491 e. The molecule has 37 heavy (non-hydrogen) atoms. The number of aliphatic hydroxyl groups excluding tert-OH is 1. The van der Waals surface area contributed by atoms with Crippen molar-refractivity contribution in [1.82, 2.24) is 0 Å². The van der Waals surface area contributed by atoms with E-state index in [0.29, 0.717) is 42.4 Å². The lowest BCUT2D eigenvalue weighted by Gasteiger charge is -2.69. The fourth-order valence-electron chi connectivity index (χ4n) is 10.0. The van der Waals surface area contributed by atoms with Crippen molar-refractivity contribution in [2.24, 2.45) is 45.8 Å². The van der Waals surface area contributed by atoms with Gasteiger partial charge in [-0.05, 0) is 124 Å². The molecule has 0 bridgehead atoms. The van der Waals surface area contributed by atoms with Gasteiger partial charge in [0.05, 0.1) is 11.9 Å². The van der Waals surface area contributed by atoms with Crippen molar-refractivity contribution in [1.29, 1.82) is 0 Å². The van der Waals surface area contributed by atoms with Gasteiger partial charge < -0.3 is 14.9 Å². The van der Waals surface area contributed by atoms with E-state index in [4.69, 9.17) is 4.74 Å². The van der Waals surface area contributed by atoms with E-state index in [2.05, 4.69) is 61.1 Å². The Bertz CT molecular complexity index is 988. The van der Waals surface area contributed by atoms with Crippen LogP contribution in [0, 0.1) is 45.8 Å². The number of allylic oxidation sites excluding steroid dienone is 3. The number of rotatable bonds is 6. The number of aliphatic carboxylic acids is 1. The van der Waals surface area contributed by atoms with Crippen LogP contribution in [-0.4, -0.2) is 28.4 Å². The first kappa shape index (κ1) is 28.5. The molecule has 0 heterocycles. The molecule has 0 saturated heterocycles. The van der Waals surface area contributed by atoms with Crippen LogP contribution in [0.3, 0.4) is 0 Å². The van der Waals surface area contributed by atoms with Gasteiger partial charge in [-0.25, -0.2) is 4.79 Å². The molecule has 0 aliphatic heterocycles. The first-order valence-electron chi connectivity index (χ1n) is 14.8. The van der Waals surface area contributed by atoms with Gasteiger partial charge in [0, 0.05) is 5.57 Å². The molecule has 10 atom stereocenters. The van der Waals surface area contributed by atoms with E-state index in [0.717, 1.165) is 24.3 Å². The summed E-state index contributed by atoms with van der Waals surface area (Å²) in [6.45, 7) is 22.1. The standard InChI is InChI=1S/C33H52O4/c1-19(2)11-10-12-23(30(35)36)28-25-17-26(34)29-31(7)15-13-21(5)22(6)24(31)14-16-32(29,8)33(25,9)18-27(28)37-20(3)4/h11,21-22,24-27,29,34H,3,10,12-18H2,1-2,4-9H3,(H,35,36)/b28-23-/t21-,22+,24+,25+,26-,27?,29+,31+,32+,33+/m1/s1. The molecule has 1 unspecified atom stereocenters. The monoisotopic (exact) mass is 512 g/mol. The number of carbonyl (C=O) groups is 1. The van der Waals surface area contributed by atoms with E-state index in [1.165, 1.54) is 24.8 Å². The topological polar surface area (TPSA) is 66.8 Å². The molecule has 4 fully saturated rings. The molecule has 2 N–H and O–H groups in total. The highest BCUT2D eigenvalue weighted by Gasteiger charge is 2.70. The second kappa shape index (κ2) is 9.88. The molecule has 4 heteroatoms. The molecule has 0 aromatic rings. The molecule has 208 valence electrons. The smallest absolute Gasteiger partial charge is 0.331 e. The third kappa shape index (κ3) is 4.43. The lowest BCUT2D eigenvalue weighted by atomic mass is 9.36. The summed E-state index contributed by atoms with van der Waals surface area (Å²) in [5.74, 6) is 2.07. The van der Waals surface area contributed by atoms with Crippen LogP contribution in [-0.2, 0) is 9.53 Å². The molecule has 4 aliphatic rings. The average molecular weight is 513 g/mol. The maximum Gasteiger partial charge on any atom is 0.331 e. The van der Waals surface area contributed by atoms with Gasteiger partial charge in [-0.15, -0.1) is 0 Å². The van der Waals surface area contributed by atoms with Crippen molar-refractivity contribution in [2.75, 3.05) is 0 Å². The summed E-state index contributed by atoms with van der Waals surface area (Å²) < 4.78 is 6.35. The van der Waals surface area contributed by atoms with Crippen molar-refractivity contribution in [3.8, 4) is 0 Å². The Morgan fingerprint density at radius 3 is 2.38 bits per heavy atom. The predicted molar refractivity (Wildman–Crippen MR) is 150 cm³/mol. The van der Waals surface area contributed by atoms with Gasteiger partial charge in [0.2, 0.25) is 0 Å². The lowest BCUT2D eigenvalue weighted by Crippen LogP contribution is -2.65. The van der Waals surface area contributed by atoms with E-state index in [9.17, 15) is 15.0 Å². The summed E-state index contributed by atoms with van der Waals surface area (Å²) in [5, 5.41) is 22.4. The van der Waals surface area contributed by atoms with Crippen molar-refractivity contribution in [3.63, 3.8) is 0 Å². The number of carboxylic acids is 1. The van der Waals surface area contributed by atoms with Crippen molar-refractivity contribution >= 4 is 5.97 Å². The Labute approximate surface area is 225 Å². The van der Waals surface area contributed by atoms with Crippen LogP contribution in [0.4, 0.5) is 0 Å². The summed E-state index contributed by atoms with van der Waals surface area (Å²) in [6.07, 6.45) is 8.72.